The molecule has 0 saturated heterocycles. The van der Waals surface area contributed by atoms with Gasteiger partial charge in [-0.2, -0.15) is 0 Å². The van der Waals surface area contributed by atoms with E-state index >= 15 is 0 Å². The number of nitrogens with one attached hydrogen (secondary N) is 1. The van der Waals surface area contributed by atoms with Gasteiger partial charge in [0.2, 0.25) is 0 Å². The SMILES string of the molecule is CC(C)OCC(O)Cn1cc(CNC(C)(C)C)nn1. The van der Waals surface area contributed by atoms with Crippen LogP contribution in [0.15, 0.2) is 6.20 Å². The Hall–Kier alpha value is -0.980. The molecule has 1 rings (SSSR count). The van der Waals surface area contributed by atoms with Gasteiger partial charge in [0.25, 0.3) is 0 Å². The van der Waals surface area contributed by atoms with Crippen LogP contribution >= 0.6 is 0 Å². The number of ether oxygens (including phenoxy) is 1. The van der Waals surface area contributed by atoms with Gasteiger partial charge in [0, 0.05) is 18.3 Å². The minimum absolute atomic E-state index is 0.0500. The zero-order valence-corrected chi connectivity index (χ0v) is 12.6. The zero-order chi connectivity index (χ0) is 14.5. The molecule has 2 N–H and O–H groups in total. The first-order chi connectivity index (χ1) is 8.76. The van der Waals surface area contributed by atoms with Gasteiger partial charge in [-0.1, -0.05) is 5.21 Å². The largest absolute Gasteiger partial charge is 0.389 e. The van der Waals surface area contributed by atoms with Crippen molar-refractivity contribution in [2.75, 3.05) is 6.61 Å². The predicted molar refractivity (Wildman–Crippen MR) is 73.7 cm³/mol. The summed E-state index contributed by atoms with van der Waals surface area (Å²) in [6.45, 7) is 11.6. The van der Waals surface area contributed by atoms with E-state index < -0.39 is 6.10 Å². The molecule has 0 radical (unpaired) electrons. The molecule has 0 aliphatic heterocycles. The predicted octanol–water partition coefficient (Wildman–Crippen LogP) is 0.952. The Kier molecular flexibility index (Phi) is 5.90. The Morgan fingerprint density at radius 1 is 1.42 bits per heavy atom. The lowest BCUT2D eigenvalue weighted by molar-refractivity contribution is -0.00221. The Labute approximate surface area is 115 Å². The van der Waals surface area contributed by atoms with E-state index in [2.05, 4.69) is 36.4 Å². The second kappa shape index (κ2) is 6.98. The summed E-state index contributed by atoms with van der Waals surface area (Å²) in [4.78, 5) is 0. The molecule has 6 nitrogen and oxygen atoms in total. The van der Waals surface area contributed by atoms with Gasteiger partial charge in [-0.15, -0.1) is 5.10 Å². The summed E-state index contributed by atoms with van der Waals surface area (Å²) < 4.78 is 7.00. The Morgan fingerprint density at radius 3 is 2.68 bits per heavy atom. The van der Waals surface area contributed by atoms with Crippen LogP contribution in [0.4, 0.5) is 0 Å². The highest BCUT2D eigenvalue weighted by Crippen LogP contribution is 2.02. The molecule has 1 heterocycles. The van der Waals surface area contributed by atoms with Crippen molar-refractivity contribution in [3.63, 3.8) is 0 Å². The molecule has 0 aliphatic rings. The Morgan fingerprint density at radius 2 is 2.11 bits per heavy atom. The number of rotatable bonds is 7. The lowest BCUT2D eigenvalue weighted by atomic mass is 10.1. The molecule has 0 aromatic carbocycles. The summed E-state index contributed by atoms with van der Waals surface area (Å²) in [7, 11) is 0. The maximum absolute atomic E-state index is 9.79. The highest BCUT2D eigenvalue weighted by atomic mass is 16.5. The smallest absolute Gasteiger partial charge is 0.0969 e. The summed E-state index contributed by atoms with van der Waals surface area (Å²) in [5.74, 6) is 0. The van der Waals surface area contributed by atoms with Crippen LogP contribution < -0.4 is 5.32 Å². The maximum atomic E-state index is 9.79. The number of aromatic nitrogens is 3. The second-order valence-corrected chi connectivity index (χ2v) is 6.07. The van der Waals surface area contributed by atoms with E-state index in [-0.39, 0.29) is 11.6 Å². The van der Waals surface area contributed by atoms with Gasteiger partial charge in [-0.05, 0) is 34.6 Å². The van der Waals surface area contributed by atoms with Gasteiger partial charge in [0.1, 0.15) is 0 Å². The summed E-state index contributed by atoms with van der Waals surface area (Å²) in [5.41, 5.74) is 0.918. The van der Waals surface area contributed by atoms with Crippen LogP contribution in [0, 0.1) is 0 Å². The minimum Gasteiger partial charge on any atom is -0.389 e. The van der Waals surface area contributed by atoms with Crippen molar-refractivity contribution in [1.29, 1.82) is 0 Å². The molecule has 0 bridgehead atoms. The van der Waals surface area contributed by atoms with E-state index in [1.54, 1.807) is 4.68 Å². The first kappa shape index (κ1) is 16.1. The van der Waals surface area contributed by atoms with Crippen LogP contribution in [0.1, 0.15) is 40.3 Å². The van der Waals surface area contributed by atoms with E-state index in [0.29, 0.717) is 19.7 Å². The molecule has 1 unspecified atom stereocenters. The Balaban J connectivity index is 2.38. The van der Waals surface area contributed by atoms with Gasteiger partial charge in [-0.3, -0.25) is 0 Å². The van der Waals surface area contributed by atoms with Crippen LogP contribution in [0.2, 0.25) is 0 Å². The molecule has 0 fully saturated rings. The van der Waals surface area contributed by atoms with Crippen LogP contribution in [0.3, 0.4) is 0 Å². The van der Waals surface area contributed by atoms with Gasteiger partial charge < -0.3 is 15.2 Å². The van der Waals surface area contributed by atoms with Gasteiger partial charge >= 0.3 is 0 Å². The highest BCUT2D eigenvalue weighted by Gasteiger charge is 2.12. The van der Waals surface area contributed by atoms with Crippen LogP contribution in [0.5, 0.6) is 0 Å². The molecule has 0 aliphatic carbocycles. The van der Waals surface area contributed by atoms with E-state index in [0.717, 1.165) is 5.69 Å². The standard InChI is InChI=1S/C13H26N4O2/c1-10(2)19-9-12(18)8-17-7-11(15-16-17)6-14-13(3,4)5/h7,10,12,14,18H,6,8-9H2,1-5H3. The average Bonchev–Trinajstić information content (AvgIpc) is 2.70. The van der Waals surface area contributed by atoms with E-state index in [1.807, 2.05) is 20.0 Å². The quantitative estimate of drug-likeness (QED) is 0.772. The first-order valence-electron chi connectivity index (χ1n) is 6.70. The lowest BCUT2D eigenvalue weighted by Crippen LogP contribution is -2.35. The van der Waals surface area contributed by atoms with Gasteiger partial charge in [-0.25, -0.2) is 4.68 Å². The molecule has 6 heteroatoms. The topological polar surface area (TPSA) is 72.2 Å². The highest BCUT2D eigenvalue weighted by molar-refractivity contribution is 4.93. The number of aliphatic hydroxyl groups is 1. The Bertz CT molecular complexity index is 371. The second-order valence-electron chi connectivity index (χ2n) is 6.07. The molecule has 0 spiro atoms. The van der Waals surface area contributed by atoms with Crippen molar-refractivity contribution in [2.45, 2.75) is 65.5 Å². The third kappa shape index (κ3) is 7.25. The molecule has 0 amide bonds. The fourth-order valence-corrected chi connectivity index (χ4v) is 1.44. The third-order valence-corrected chi connectivity index (χ3v) is 2.41. The van der Waals surface area contributed by atoms with Gasteiger partial charge in [0.15, 0.2) is 0 Å². The molecular weight excluding hydrogens is 244 g/mol. The molecule has 110 valence electrons. The van der Waals surface area contributed by atoms with Crippen LogP contribution in [0.25, 0.3) is 0 Å². The molecular formula is C13H26N4O2. The van der Waals surface area contributed by atoms with Crippen LogP contribution in [-0.4, -0.2) is 44.5 Å². The first-order valence-corrected chi connectivity index (χ1v) is 6.70. The molecule has 1 aromatic rings. The van der Waals surface area contributed by atoms with Gasteiger partial charge in [0.05, 0.1) is 31.1 Å². The average molecular weight is 270 g/mol. The summed E-state index contributed by atoms with van der Waals surface area (Å²) in [6.07, 6.45) is 1.40. The molecule has 1 atom stereocenters. The number of nitrogens with zero attached hydrogens (tertiary/aromatic N) is 3. The van der Waals surface area contributed by atoms with Crippen LogP contribution in [-0.2, 0) is 17.8 Å². The number of hydrogen-bond acceptors (Lipinski definition) is 5. The fraction of sp³-hybridized carbons (Fsp3) is 0.846. The molecule has 1 aromatic heterocycles. The minimum atomic E-state index is -0.562. The monoisotopic (exact) mass is 270 g/mol. The van der Waals surface area contributed by atoms with Crippen molar-refractivity contribution in [3.8, 4) is 0 Å². The zero-order valence-electron chi connectivity index (χ0n) is 12.6. The van der Waals surface area contributed by atoms with Crippen molar-refractivity contribution in [1.82, 2.24) is 20.3 Å². The fourth-order valence-electron chi connectivity index (χ4n) is 1.44. The van der Waals surface area contributed by atoms with E-state index in [1.165, 1.54) is 0 Å². The molecule has 0 saturated carbocycles. The summed E-state index contributed by atoms with van der Waals surface area (Å²) >= 11 is 0. The van der Waals surface area contributed by atoms with Crippen molar-refractivity contribution in [3.05, 3.63) is 11.9 Å². The van der Waals surface area contributed by atoms with Crippen molar-refractivity contribution in [2.24, 2.45) is 0 Å². The molecule has 19 heavy (non-hydrogen) atoms. The van der Waals surface area contributed by atoms with Crippen molar-refractivity contribution >= 4 is 0 Å². The number of hydrogen-bond donors (Lipinski definition) is 2. The lowest BCUT2D eigenvalue weighted by Gasteiger charge is -2.19. The van der Waals surface area contributed by atoms with E-state index in [4.69, 9.17) is 4.74 Å². The summed E-state index contributed by atoms with van der Waals surface area (Å²) in [6, 6.07) is 0. The van der Waals surface area contributed by atoms with E-state index in [9.17, 15) is 5.11 Å². The maximum Gasteiger partial charge on any atom is 0.0969 e. The normalized spacial score (nSPS) is 14.1. The van der Waals surface area contributed by atoms with Crippen molar-refractivity contribution < 1.29 is 9.84 Å². The third-order valence-electron chi connectivity index (χ3n) is 2.41. The number of aliphatic hydroxyl groups excluding tert-OH is 1. The summed E-state index contributed by atoms with van der Waals surface area (Å²) in [5, 5.41) is 21.2.